The van der Waals surface area contributed by atoms with Crippen LogP contribution in [-0.2, 0) is 4.43 Å². The zero-order chi connectivity index (χ0) is 7.49. The highest BCUT2D eigenvalue weighted by molar-refractivity contribution is 6.32. The fourth-order valence-electron chi connectivity index (χ4n) is 0.381. The average molecular weight is 149 g/mol. The van der Waals surface area contributed by atoms with Gasteiger partial charge >= 0.3 is 0 Å². The van der Waals surface area contributed by atoms with Gasteiger partial charge in [-0.3, -0.25) is 0 Å². The standard InChI is InChI=1S/C4H15N3OSi/c1-3(5)4(6,7)9-8-2/h3H,5-7,9H2,1-2H3. The fraction of sp³-hybridized carbons (Fsp3) is 1.00. The van der Waals surface area contributed by atoms with Gasteiger partial charge in [0.1, 0.15) is 0 Å². The summed E-state index contributed by atoms with van der Waals surface area (Å²) in [5, 5.41) is -0.755. The van der Waals surface area contributed by atoms with Gasteiger partial charge in [-0.2, -0.15) is 0 Å². The Hall–Kier alpha value is 0.0569. The molecule has 0 fully saturated rings. The van der Waals surface area contributed by atoms with Crippen molar-refractivity contribution in [1.29, 1.82) is 0 Å². The van der Waals surface area contributed by atoms with E-state index in [-0.39, 0.29) is 6.04 Å². The summed E-state index contributed by atoms with van der Waals surface area (Å²) in [6.07, 6.45) is 0. The van der Waals surface area contributed by atoms with Gasteiger partial charge < -0.3 is 21.6 Å². The van der Waals surface area contributed by atoms with Crippen molar-refractivity contribution in [2.75, 3.05) is 7.11 Å². The monoisotopic (exact) mass is 149 g/mol. The molecule has 0 radical (unpaired) electrons. The second-order valence-electron chi connectivity index (χ2n) is 2.33. The van der Waals surface area contributed by atoms with E-state index in [0.29, 0.717) is 0 Å². The van der Waals surface area contributed by atoms with Crippen LogP contribution in [0.3, 0.4) is 0 Å². The topological polar surface area (TPSA) is 87.3 Å². The van der Waals surface area contributed by atoms with Crippen molar-refractivity contribution < 1.29 is 4.43 Å². The minimum Gasteiger partial charge on any atom is -0.424 e. The predicted octanol–water partition coefficient (Wildman–Crippen LogP) is -2.36. The number of hydrogen-bond donors (Lipinski definition) is 3. The first-order valence-corrected chi connectivity index (χ1v) is 4.11. The zero-order valence-corrected chi connectivity index (χ0v) is 7.34. The van der Waals surface area contributed by atoms with E-state index >= 15 is 0 Å². The van der Waals surface area contributed by atoms with Gasteiger partial charge in [0.2, 0.25) is 0 Å². The van der Waals surface area contributed by atoms with Crippen molar-refractivity contribution in [2.24, 2.45) is 17.2 Å². The molecule has 56 valence electrons. The van der Waals surface area contributed by atoms with Gasteiger partial charge in [0.05, 0.1) is 5.29 Å². The third kappa shape index (κ3) is 2.92. The predicted molar refractivity (Wildman–Crippen MR) is 40.3 cm³/mol. The Labute approximate surface area is 57.7 Å². The molecule has 0 bridgehead atoms. The summed E-state index contributed by atoms with van der Waals surface area (Å²) in [5.74, 6) is 0. The van der Waals surface area contributed by atoms with E-state index in [1.165, 1.54) is 0 Å². The lowest BCUT2D eigenvalue weighted by Gasteiger charge is -2.26. The Morgan fingerprint density at radius 2 is 2.00 bits per heavy atom. The fourth-order valence-corrected chi connectivity index (χ4v) is 1.14. The highest BCUT2D eigenvalue weighted by Crippen LogP contribution is 1.92. The van der Waals surface area contributed by atoms with Crippen molar-refractivity contribution in [3.63, 3.8) is 0 Å². The second-order valence-corrected chi connectivity index (χ2v) is 4.42. The molecule has 0 aliphatic rings. The summed E-state index contributed by atoms with van der Waals surface area (Å²) in [6.45, 7) is 1.78. The molecular formula is C4H15N3OSi. The zero-order valence-electron chi connectivity index (χ0n) is 5.92. The molecule has 0 aliphatic heterocycles. The molecule has 1 unspecified atom stereocenters. The van der Waals surface area contributed by atoms with Gasteiger partial charge in [0.15, 0.2) is 9.76 Å². The van der Waals surface area contributed by atoms with E-state index in [1.807, 2.05) is 0 Å². The van der Waals surface area contributed by atoms with E-state index in [2.05, 4.69) is 0 Å². The number of hydrogen-bond acceptors (Lipinski definition) is 4. The van der Waals surface area contributed by atoms with E-state index in [4.69, 9.17) is 21.6 Å². The van der Waals surface area contributed by atoms with Crippen molar-refractivity contribution >= 4 is 9.76 Å². The van der Waals surface area contributed by atoms with Crippen molar-refractivity contribution in [1.82, 2.24) is 0 Å². The summed E-state index contributed by atoms with van der Waals surface area (Å²) in [5.41, 5.74) is 16.6. The molecule has 1 atom stereocenters. The second kappa shape index (κ2) is 3.28. The molecule has 9 heavy (non-hydrogen) atoms. The van der Waals surface area contributed by atoms with Crippen LogP contribution in [0, 0.1) is 0 Å². The van der Waals surface area contributed by atoms with Crippen LogP contribution in [0.4, 0.5) is 0 Å². The molecule has 0 rings (SSSR count). The molecule has 0 aromatic carbocycles. The summed E-state index contributed by atoms with van der Waals surface area (Å²) >= 11 is 0. The maximum Gasteiger partial charge on any atom is 0.198 e. The van der Waals surface area contributed by atoms with Gasteiger partial charge in [-0.05, 0) is 6.92 Å². The quantitative estimate of drug-likeness (QED) is 0.309. The van der Waals surface area contributed by atoms with Crippen LogP contribution in [-0.4, -0.2) is 28.2 Å². The highest BCUT2D eigenvalue weighted by atomic mass is 28.2. The minimum absolute atomic E-state index is 0.191. The molecule has 0 aromatic rings. The maximum atomic E-state index is 5.56. The van der Waals surface area contributed by atoms with Crippen LogP contribution in [0.25, 0.3) is 0 Å². The lowest BCUT2D eigenvalue weighted by atomic mass is 10.3. The van der Waals surface area contributed by atoms with Gasteiger partial charge in [-0.25, -0.2) is 0 Å². The molecule has 0 spiro atoms. The Balaban J connectivity index is 3.70. The lowest BCUT2D eigenvalue weighted by Crippen LogP contribution is -2.65. The van der Waals surface area contributed by atoms with Crippen LogP contribution < -0.4 is 17.2 Å². The molecule has 5 heteroatoms. The molecule has 0 aromatic heterocycles. The average Bonchev–Trinajstić information content (AvgIpc) is 1.65. The van der Waals surface area contributed by atoms with Crippen molar-refractivity contribution in [3.05, 3.63) is 0 Å². The van der Waals surface area contributed by atoms with Crippen LogP contribution in [0.2, 0.25) is 0 Å². The first kappa shape index (κ1) is 9.06. The third-order valence-electron chi connectivity index (χ3n) is 1.24. The van der Waals surface area contributed by atoms with Crippen LogP contribution in [0.5, 0.6) is 0 Å². The van der Waals surface area contributed by atoms with E-state index < -0.39 is 15.0 Å². The maximum absolute atomic E-state index is 5.56. The van der Waals surface area contributed by atoms with Crippen LogP contribution >= 0.6 is 0 Å². The molecule has 0 aliphatic carbocycles. The van der Waals surface area contributed by atoms with Crippen molar-refractivity contribution in [2.45, 2.75) is 18.3 Å². The van der Waals surface area contributed by atoms with Gasteiger partial charge in [-0.15, -0.1) is 0 Å². The van der Waals surface area contributed by atoms with E-state index in [1.54, 1.807) is 14.0 Å². The molecular weight excluding hydrogens is 134 g/mol. The summed E-state index contributed by atoms with van der Waals surface area (Å²) in [7, 11) is 0.733. The van der Waals surface area contributed by atoms with E-state index in [9.17, 15) is 0 Å². The SMILES string of the molecule is CO[SiH2]C(N)(N)C(C)N. The van der Waals surface area contributed by atoms with Crippen LogP contribution in [0.15, 0.2) is 0 Å². The van der Waals surface area contributed by atoms with Gasteiger partial charge in [0, 0.05) is 13.2 Å². The Bertz CT molecular complexity index is 85.9. The largest absolute Gasteiger partial charge is 0.424 e. The normalized spacial score (nSPS) is 17.0. The van der Waals surface area contributed by atoms with Crippen LogP contribution in [0.1, 0.15) is 6.92 Å². The smallest absolute Gasteiger partial charge is 0.198 e. The summed E-state index contributed by atoms with van der Waals surface area (Å²) in [4.78, 5) is 0. The van der Waals surface area contributed by atoms with Gasteiger partial charge in [0.25, 0.3) is 0 Å². The third-order valence-corrected chi connectivity index (χ3v) is 2.67. The number of nitrogens with two attached hydrogens (primary N) is 3. The van der Waals surface area contributed by atoms with Crippen molar-refractivity contribution in [3.8, 4) is 0 Å². The Morgan fingerprint density at radius 1 is 1.56 bits per heavy atom. The van der Waals surface area contributed by atoms with Gasteiger partial charge in [-0.1, -0.05) is 0 Å². The first-order valence-electron chi connectivity index (χ1n) is 2.83. The molecule has 0 heterocycles. The molecule has 0 amide bonds. The molecule has 0 saturated carbocycles. The highest BCUT2D eigenvalue weighted by Gasteiger charge is 2.24. The first-order chi connectivity index (χ1) is 4.00. The molecule has 4 nitrogen and oxygen atoms in total. The minimum atomic E-state index is -0.867. The Kier molecular flexibility index (Phi) is 3.30. The summed E-state index contributed by atoms with van der Waals surface area (Å²) < 4.78 is 4.88. The summed E-state index contributed by atoms with van der Waals surface area (Å²) in [6, 6.07) is -0.191. The molecule has 6 N–H and O–H groups in total. The lowest BCUT2D eigenvalue weighted by molar-refractivity contribution is 0.381. The van der Waals surface area contributed by atoms with E-state index in [0.717, 1.165) is 0 Å². The Morgan fingerprint density at radius 3 is 2.11 bits per heavy atom. The molecule has 0 saturated heterocycles. The number of rotatable bonds is 3.